The highest BCUT2D eigenvalue weighted by atomic mass is 19.1. The molecule has 0 aliphatic carbocycles. The summed E-state index contributed by atoms with van der Waals surface area (Å²) in [6.45, 7) is 1.90. The zero-order valence-electron chi connectivity index (χ0n) is 9.56. The zero-order valence-corrected chi connectivity index (χ0v) is 9.56. The SMILES string of the molecule is CC(N)c1cccc(Oc2cccc(F)c2)c1. The molecule has 1 unspecified atom stereocenters. The summed E-state index contributed by atoms with van der Waals surface area (Å²) in [5, 5.41) is 0. The highest BCUT2D eigenvalue weighted by Gasteiger charge is 2.02. The van der Waals surface area contributed by atoms with Crippen LogP contribution in [-0.4, -0.2) is 0 Å². The molecule has 17 heavy (non-hydrogen) atoms. The van der Waals surface area contributed by atoms with Gasteiger partial charge < -0.3 is 10.5 Å². The molecule has 0 bridgehead atoms. The van der Waals surface area contributed by atoms with Crippen LogP contribution >= 0.6 is 0 Å². The van der Waals surface area contributed by atoms with Crippen molar-refractivity contribution in [1.82, 2.24) is 0 Å². The van der Waals surface area contributed by atoms with Crippen LogP contribution in [-0.2, 0) is 0 Å². The molecule has 0 amide bonds. The second-order valence-corrected chi connectivity index (χ2v) is 3.92. The fraction of sp³-hybridized carbons (Fsp3) is 0.143. The summed E-state index contributed by atoms with van der Waals surface area (Å²) >= 11 is 0. The van der Waals surface area contributed by atoms with Gasteiger partial charge in [0.1, 0.15) is 17.3 Å². The molecule has 0 aromatic heterocycles. The molecule has 3 heteroatoms. The number of hydrogen-bond acceptors (Lipinski definition) is 2. The van der Waals surface area contributed by atoms with Crippen molar-refractivity contribution in [3.8, 4) is 11.5 Å². The maximum Gasteiger partial charge on any atom is 0.130 e. The van der Waals surface area contributed by atoms with Crippen LogP contribution in [0.15, 0.2) is 48.5 Å². The number of benzene rings is 2. The third kappa shape index (κ3) is 3.04. The minimum absolute atomic E-state index is 0.0499. The van der Waals surface area contributed by atoms with Crippen molar-refractivity contribution in [1.29, 1.82) is 0 Å². The van der Waals surface area contributed by atoms with Gasteiger partial charge in [-0.2, -0.15) is 0 Å². The Morgan fingerprint density at radius 2 is 1.71 bits per heavy atom. The fourth-order valence-corrected chi connectivity index (χ4v) is 1.53. The van der Waals surface area contributed by atoms with E-state index < -0.39 is 0 Å². The predicted octanol–water partition coefficient (Wildman–Crippen LogP) is 3.64. The van der Waals surface area contributed by atoms with Crippen LogP contribution in [0.25, 0.3) is 0 Å². The second-order valence-electron chi connectivity index (χ2n) is 3.92. The molecule has 0 saturated heterocycles. The van der Waals surface area contributed by atoms with Crippen LogP contribution in [0.1, 0.15) is 18.5 Å². The van der Waals surface area contributed by atoms with Gasteiger partial charge in [-0.1, -0.05) is 18.2 Å². The standard InChI is InChI=1S/C14H14FNO/c1-10(16)11-4-2-6-13(8-11)17-14-7-3-5-12(15)9-14/h2-10H,16H2,1H3. The first-order chi connectivity index (χ1) is 8.15. The molecule has 0 spiro atoms. The van der Waals surface area contributed by atoms with Crippen molar-refractivity contribution >= 4 is 0 Å². The van der Waals surface area contributed by atoms with Gasteiger partial charge >= 0.3 is 0 Å². The van der Waals surface area contributed by atoms with Crippen molar-refractivity contribution in [2.24, 2.45) is 5.73 Å². The van der Waals surface area contributed by atoms with E-state index in [0.717, 1.165) is 5.56 Å². The first kappa shape index (κ1) is 11.6. The molecule has 0 heterocycles. The van der Waals surface area contributed by atoms with Crippen molar-refractivity contribution in [3.63, 3.8) is 0 Å². The normalized spacial score (nSPS) is 12.2. The van der Waals surface area contributed by atoms with Gasteiger partial charge in [-0.05, 0) is 36.8 Å². The molecular formula is C14H14FNO. The smallest absolute Gasteiger partial charge is 0.130 e. The molecular weight excluding hydrogens is 217 g/mol. The van der Waals surface area contributed by atoms with Gasteiger partial charge in [-0.25, -0.2) is 4.39 Å². The van der Waals surface area contributed by atoms with E-state index in [1.165, 1.54) is 12.1 Å². The lowest BCUT2D eigenvalue weighted by Gasteiger charge is -2.09. The summed E-state index contributed by atoms with van der Waals surface area (Å²) in [5.41, 5.74) is 6.77. The van der Waals surface area contributed by atoms with Gasteiger partial charge in [-0.3, -0.25) is 0 Å². The van der Waals surface area contributed by atoms with E-state index in [9.17, 15) is 4.39 Å². The Hall–Kier alpha value is -1.87. The largest absolute Gasteiger partial charge is 0.457 e. The number of halogens is 1. The molecule has 0 saturated carbocycles. The van der Waals surface area contributed by atoms with Gasteiger partial charge in [0.2, 0.25) is 0 Å². The van der Waals surface area contributed by atoms with Crippen LogP contribution in [0.3, 0.4) is 0 Å². The first-order valence-corrected chi connectivity index (χ1v) is 5.44. The lowest BCUT2D eigenvalue weighted by atomic mass is 10.1. The van der Waals surface area contributed by atoms with Gasteiger partial charge in [0.15, 0.2) is 0 Å². The summed E-state index contributed by atoms with van der Waals surface area (Å²) in [6, 6.07) is 13.5. The lowest BCUT2D eigenvalue weighted by Crippen LogP contribution is -2.04. The van der Waals surface area contributed by atoms with Crippen LogP contribution < -0.4 is 10.5 Å². The van der Waals surface area contributed by atoms with E-state index in [2.05, 4.69) is 0 Å². The molecule has 2 N–H and O–H groups in total. The van der Waals surface area contributed by atoms with E-state index in [-0.39, 0.29) is 11.9 Å². The topological polar surface area (TPSA) is 35.2 Å². The molecule has 0 radical (unpaired) electrons. The highest BCUT2D eigenvalue weighted by Crippen LogP contribution is 2.24. The van der Waals surface area contributed by atoms with Crippen molar-refractivity contribution in [3.05, 3.63) is 59.9 Å². The third-order valence-electron chi connectivity index (χ3n) is 2.42. The maximum absolute atomic E-state index is 13.0. The quantitative estimate of drug-likeness (QED) is 0.875. The number of rotatable bonds is 3. The zero-order chi connectivity index (χ0) is 12.3. The Labute approximate surface area is 99.8 Å². The van der Waals surface area contributed by atoms with Crippen molar-refractivity contribution in [2.75, 3.05) is 0 Å². The molecule has 2 rings (SSSR count). The van der Waals surface area contributed by atoms with E-state index in [1.54, 1.807) is 12.1 Å². The van der Waals surface area contributed by atoms with E-state index in [0.29, 0.717) is 11.5 Å². The highest BCUT2D eigenvalue weighted by molar-refractivity contribution is 5.34. The summed E-state index contributed by atoms with van der Waals surface area (Å²) < 4.78 is 18.5. The van der Waals surface area contributed by atoms with Crippen LogP contribution in [0.4, 0.5) is 4.39 Å². The van der Waals surface area contributed by atoms with Crippen molar-refractivity contribution in [2.45, 2.75) is 13.0 Å². The number of hydrogen-bond donors (Lipinski definition) is 1. The van der Waals surface area contributed by atoms with Crippen LogP contribution in [0.5, 0.6) is 11.5 Å². The Morgan fingerprint density at radius 1 is 1.06 bits per heavy atom. The monoisotopic (exact) mass is 231 g/mol. The summed E-state index contributed by atoms with van der Waals surface area (Å²) in [4.78, 5) is 0. The Morgan fingerprint density at radius 3 is 2.35 bits per heavy atom. The minimum Gasteiger partial charge on any atom is -0.457 e. The molecule has 2 aromatic carbocycles. The molecule has 0 aliphatic heterocycles. The van der Waals surface area contributed by atoms with Crippen molar-refractivity contribution < 1.29 is 9.13 Å². The minimum atomic E-state index is -0.314. The summed E-state index contributed by atoms with van der Waals surface area (Å²) in [7, 11) is 0. The Bertz CT molecular complexity index is 511. The van der Waals surface area contributed by atoms with Crippen LogP contribution in [0, 0.1) is 5.82 Å². The average molecular weight is 231 g/mol. The van der Waals surface area contributed by atoms with Gasteiger partial charge in [0.25, 0.3) is 0 Å². The summed E-state index contributed by atoms with van der Waals surface area (Å²) in [6.07, 6.45) is 0. The average Bonchev–Trinajstić information content (AvgIpc) is 2.29. The van der Waals surface area contributed by atoms with Crippen LogP contribution in [0.2, 0.25) is 0 Å². The Kier molecular flexibility index (Phi) is 3.40. The van der Waals surface area contributed by atoms with E-state index >= 15 is 0 Å². The Balaban J connectivity index is 2.21. The molecule has 2 nitrogen and oxygen atoms in total. The molecule has 0 fully saturated rings. The predicted molar refractivity (Wildman–Crippen MR) is 65.5 cm³/mol. The second kappa shape index (κ2) is 4.97. The molecule has 2 aromatic rings. The fourth-order valence-electron chi connectivity index (χ4n) is 1.53. The first-order valence-electron chi connectivity index (χ1n) is 5.44. The van der Waals surface area contributed by atoms with E-state index in [4.69, 9.17) is 10.5 Å². The lowest BCUT2D eigenvalue weighted by molar-refractivity contribution is 0.475. The van der Waals surface area contributed by atoms with Gasteiger partial charge in [-0.15, -0.1) is 0 Å². The van der Waals surface area contributed by atoms with Gasteiger partial charge in [0.05, 0.1) is 0 Å². The number of ether oxygens (including phenoxy) is 1. The molecule has 0 aliphatic rings. The maximum atomic E-state index is 13.0. The van der Waals surface area contributed by atoms with E-state index in [1.807, 2.05) is 31.2 Å². The third-order valence-corrected chi connectivity index (χ3v) is 2.42. The van der Waals surface area contributed by atoms with Gasteiger partial charge in [0, 0.05) is 12.1 Å². The molecule has 88 valence electrons. The summed E-state index contributed by atoms with van der Waals surface area (Å²) in [5.74, 6) is 0.822. The molecule has 1 atom stereocenters. The number of nitrogens with two attached hydrogens (primary N) is 1.